The third kappa shape index (κ3) is 3.48. The summed E-state index contributed by atoms with van der Waals surface area (Å²) in [6.07, 6.45) is 1.03. The molecule has 0 radical (unpaired) electrons. The van der Waals surface area contributed by atoms with E-state index >= 15 is 0 Å². The Bertz CT molecular complexity index is 218. The van der Waals surface area contributed by atoms with Crippen LogP contribution in [-0.4, -0.2) is 25.2 Å². The van der Waals surface area contributed by atoms with Crippen LogP contribution in [0.15, 0.2) is 11.1 Å². The highest BCUT2D eigenvalue weighted by Crippen LogP contribution is 2.18. The first-order chi connectivity index (χ1) is 6.09. The normalized spacial score (nSPS) is 27.2. The molecule has 2 atom stereocenters. The zero-order chi connectivity index (χ0) is 9.84. The largest absolute Gasteiger partial charge is 0.378 e. The molecule has 1 fully saturated rings. The topological polar surface area (TPSA) is 38.3 Å². The lowest BCUT2D eigenvalue weighted by Crippen LogP contribution is -2.31. The third-order valence-electron chi connectivity index (χ3n) is 2.02. The summed E-state index contributed by atoms with van der Waals surface area (Å²) in [5.41, 5.74) is 0. The molecule has 74 valence electrons. The van der Waals surface area contributed by atoms with Crippen LogP contribution < -0.4 is 5.32 Å². The van der Waals surface area contributed by atoms with Crippen LogP contribution in [0, 0.1) is 5.92 Å². The third-order valence-corrected chi connectivity index (χ3v) is 2.30. The number of hydrogen-bond acceptors (Lipinski definition) is 2. The van der Waals surface area contributed by atoms with Crippen molar-refractivity contribution in [2.75, 3.05) is 13.2 Å². The summed E-state index contributed by atoms with van der Waals surface area (Å²) in [7, 11) is 0. The van der Waals surface area contributed by atoms with E-state index in [1.54, 1.807) is 0 Å². The average Bonchev–Trinajstić information content (AvgIpc) is 2.47. The lowest BCUT2D eigenvalue weighted by Gasteiger charge is -2.08. The summed E-state index contributed by atoms with van der Waals surface area (Å²) < 4.78 is 6.08. The molecular weight excluding hydrogens is 234 g/mol. The molecule has 0 aromatic rings. The molecule has 0 aliphatic carbocycles. The van der Waals surface area contributed by atoms with Crippen molar-refractivity contribution in [3.05, 3.63) is 11.1 Å². The molecule has 1 aliphatic heterocycles. The smallest absolute Gasteiger partial charge is 0.225 e. The van der Waals surface area contributed by atoms with Crippen molar-refractivity contribution in [3.63, 3.8) is 0 Å². The molecule has 1 N–H and O–H groups in total. The number of rotatable bonds is 3. The first kappa shape index (κ1) is 10.7. The maximum atomic E-state index is 11.4. The van der Waals surface area contributed by atoms with E-state index in [1.807, 2.05) is 6.92 Å². The number of hydrogen-bond donors (Lipinski definition) is 1. The van der Waals surface area contributed by atoms with Gasteiger partial charge >= 0.3 is 0 Å². The van der Waals surface area contributed by atoms with Gasteiger partial charge in [0.25, 0.3) is 0 Å². The number of halogens is 1. The number of amides is 1. The van der Waals surface area contributed by atoms with Crippen LogP contribution >= 0.6 is 15.9 Å². The van der Waals surface area contributed by atoms with Crippen molar-refractivity contribution >= 4 is 21.8 Å². The SMILES string of the molecule is C=C(Br)CNC(=O)C1COC(C)C1. The van der Waals surface area contributed by atoms with Crippen LogP contribution in [0.5, 0.6) is 0 Å². The molecule has 2 unspecified atom stereocenters. The zero-order valence-corrected chi connectivity index (χ0v) is 9.26. The van der Waals surface area contributed by atoms with Crippen LogP contribution in [0.2, 0.25) is 0 Å². The molecule has 3 nitrogen and oxygen atoms in total. The van der Waals surface area contributed by atoms with E-state index in [4.69, 9.17) is 4.74 Å². The van der Waals surface area contributed by atoms with E-state index in [9.17, 15) is 4.79 Å². The van der Waals surface area contributed by atoms with E-state index in [2.05, 4.69) is 27.8 Å². The van der Waals surface area contributed by atoms with E-state index in [-0.39, 0.29) is 17.9 Å². The first-order valence-electron chi connectivity index (χ1n) is 4.32. The van der Waals surface area contributed by atoms with Gasteiger partial charge in [-0.2, -0.15) is 0 Å². The van der Waals surface area contributed by atoms with Crippen LogP contribution in [0.3, 0.4) is 0 Å². The molecule has 1 aliphatic rings. The summed E-state index contributed by atoms with van der Waals surface area (Å²) in [6, 6.07) is 0. The quantitative estimate of drug-likeness (QED) is 0.820. The van der Waals surface area contributed by atoms with Crippen LogP contribution in [0.1, 0.15) is 13.3 Å². The first-order valence-corrected chi connectivity index (χ1v) is 5.11. The molecule has 13 heavy (non-hydrogen) atoms. The fourth-order valence-corrected chi connectivity index (χ4v) is 1.47. The van der Waals surface area contributed by atoms with Gasteiger partial charge in [-0.1, -0.05) is 22.5 Å². The maximum Gasteiger partial charge on any atom is 0.225 e. The van der Waals surface area contributed by atoms with Gasteiger partial charge in [-0.3, -0.25) is 4.79 Å². The highest BCUT2D eigenvalue weighted by Gasteiger charge is 2.27. The second-order valence-corrected chi connectivity index (χ2v) is 4.43. The molecule has 1 saturated heterocycles. The minimum atomic E-state index is 0.0156. The lowest BCUT2D eigenvalue weighted by atomic mass is 10.1. The van der Waals surface area contributed by atoms with Crippen LogP contribution in [0.25, 0.3) is 0 Å². The van der Waals surface area contributed by atoms with Gasteiger partial charge in [0.1, 0.15) is 0 Å². The standard InChI is InChI=1S/C9H14BrNO2/c1-6(10)4-11-9(12)8-3-7(2)13-5-8/h7-8H,1,3-5H2,2H3,(H,11,12). The van der Waals surface area contributed by atoms with Crippen molar-refractivity contribution < 1.29 is 9.53 Å². The van der Waals surface area contributed by atoms with E-state index < -0.39 is 0 Å². The Morgan fingerprint density at radius 2 is 2.46 bits per heavy atom. The minimum Gasteiger partial charge on any atom is -0.378 e. The molecular formula is C9H14BrNO2. The number of carbonyl (C=O) groups is 1. The van der Waals surface area contributed by atoms with Crippen molar-refractivity contribution in [1.29, 1.82) is 0 Å². The predicted molar refractivity (Wildman–Crippen MR) is 54.6 cm³/mol. The lowest BCUT2D eigenvalue weighted by molar-refractivity contribution is -0.124. The maximum absolute atomic E-state index is 11.4. The molecule has 1 heterocycles. The van der Waals surface area contributed by atoms with Gasteiger partial charge < -0.3 is 10.1 Å². The van der Waals surface area contributed by atoms with Gasteiger partial charge in [-0.25, -0.2) is 0 Å². The van der Waals surface area contributed by atoms with Crippen LogP contribution in [-0.2, 0) is 9.53 Å². The Labute approximate surface area is 86.7 Å². The monoisotopic (exact) mass is 247 g/mol. The fourth-order valence-electron chi connectivity index (χ4n) is 1.33. The number of nitrogens with one attached hydrogen (secondary N) is 1. The molecule has 0 aromatic heterocycles. The zero-order valence-electron chi connectivity index (χ0n) is 7.68. The predicted octanol–water partition coefficient (Wildman–Crippen LogP) is 1.44. The van der Waals surface area contributed by atoms with Gasteiger partial charge in [0, 0.05) is 11.0 Å². The molecule has 0 saturated carbocycles. The Balaban J connectivity index is 2.27. The van der Waals surface area contributed by atoms with Gasteiger partial charge in [0.05, 0.1) is 18.6 Å². The average molecular weight is 248 g/mol. The van der Waals surface area contributed by atoms with Crippen molar-refractivity contribution in [2.45, 2.75) is 19.4 Å². The Kier molecular flexibility index (Phi) is 3.93. The van der Waals surface area contributed by atoms with E-state index in [0.717, 1.165) is 10.9 Å². The molecule has 1 rings (SSSR count). The second-order valence-electron chi connectivity index (χ2n) is 3.31. The van der Waals surface area contributed by atoms with E-state index in [0.29, 0.717) is 13.2 Å². The van der Waals surface area contributed by atoms with Gasteiger partial charge in [-0.05, 0) is 13.3 Å². The summed E-state index contributed by atoms with van der Waals surface area (Å²) in [4.78, 5) is 11.4. The molecule has 1 amide bonds. The minimum absolute atomic E-state index is 0.0156. The van der Waals surface area contributed by atoms with Gasteiger partial charge in [-0.15, -0.1) is 0 Å². The Morgan fingerprint density at radius 1 is 1.77 bits per heavy atom. The summed E-state index contributed by atoms with van der Waals surface area (Å²) >= 11 is 3.18. The van der Waals surface area contributed by atoms with Gasteiger partial charge in [0.15, 0.2) is 0 Å². The Hall–Kier alpha value is -0.350. The number of carbonyl (C=O) groups excluding carboxylic acids is 1. The fraction of sp³-hybridized carbons (Fsp3) is 0.667. The second kappa shape index (κ2) is 4.77. The van der Waals surface area contributed by atoms with E-state index in [1.165, 1.54) is 0 Å². The molecule has 4 heteroatoms. The van der Waals surface area contributed by atoms with Crippen LogP contribution in [0.4, 0.5) is 0 Å². The summed E-state index contributed by atoms with van der Waals surface area (Å²) in [5.74, 6) is 0.0757. The highest BCUT2D eigenvalue weighted by molar-refractivity contribution is 9.11. The molecule has 0 aromatic carbocycles. The van der Waals surface area contributed by atoms with Crippen molar-refractivity contribution in [2.24, 2.45) is 5.92 Å². The molecule has 0 bridgehead atoms. The summed E-state index contributed by atoms with van der Waals surface area (Å²) in [5, 5.41) is 2.78. The number of ether oxygens (including phenoxy) is 1. The van der Waals surface area contributed by atoms with Crippen molar-refractivity contribution in [3.8, 4) is 0 Å². The summed E-state index contributed by atoms with van der Waals surface area (Å²) in [6.45, 7) is 6.66. The molecule has 0 spiro atoms. The Morgan fingerprint density at radius 3 is 2.92 bits per heavy atom. The van der Waals surface area contributed by atoms with Crippen molar-refractivity contribution in [1.82, 2.24) is 5.32 Å². The highest BCUT2D eigenvalue weighted by atomic mass is 79.9. The van der Waals surface area contributed by atoms with Gasteiger partial charge in [0.2, 0.25) is 5.91 Å².